The van der Waals surface area contributed by atoms with Crippen LogP contribution in [0.15, 0.2) is 0 Å². The predicted octanol–water partition coefficient (Wildman–Crippen LogP) is 3.51. The Morgan fingerprint density at radius 1 is 1.27 bits per heavy atom. The first-order chi connectivity index (χ1) is 7.10. The molecule has 0 aromatic carbocycles. The van der Waals surface area contributed by atoms with Crippen molar-refractivity contribution in [1.29, 1.82) is 5.26 Å². The van der Waals surface area contributed by atoms with Crippen molar-refractivity contribution in [2.75, 3.05) is 0 Å². The fraction of sp³-hybridized carbons (Fsp3) is 0.846. The van der Waals surface area contributed by atoms with Gasteiger partial charge in [0, 0.05) is 5.92 Å². The summed E-state index contributed by atoms with van der Waals surface area (Å²) in [5.41, 5.74) is 0. The van der Waals surface area contributed by atoms with Crippen LogP contribution in [0, 0.1) is 41.6 Å². The normalized spacial score (nSPS) is 36.7. The van der Waals surface area contributed by atoms with Crippen LogP contribution in [0.4, 0.5) is 0 Å². The molecule has 2 nitrogen and oxygen atoms in total. The molecule has 0 N–H and O–H groups in total. The van der Waals surface area contributed by atoms with E-state index in [1.165, 1.54) is 12.8 Å². The van der Waals surface area contributed by atoms with Gasteiger partial charge in [-0.25, -0.2) is 6.57 Å². The van der Waals surface area contributed by atoms with Crippen LogP contribution in [0.5, 0.6) is 0 Å². The molecule has 4 unspecified atom stereocenters. The van der Waals surface area contributed by atoms with E-state index < -0.39 is 0 Å². The maximum Gasteiger partial charge on any atom is 0.242 e. The summed E-state index contributed by atoms with van der Waals surface area (Å²) >= 11 is 0. The summed E-state index contributed by atoms with van der Waals surface area (Å²) in [5, 5.41) is 8.80. The lowest BCUT2D eigenvalue weighted by Crippen LogP contribution is -2.22. The van der Waals surface area contributed by atoms with Gasteiger partial charge in [0.1, 0.15) is 5.92 Å². The highest BCUT2D eigenvalue weighted by atomic mass is 14.8. The first-order valence-corrected chi connectivity index (χ1v) is 5.86. The van der Waals surface area contributed by atoms with Crippen LogP contribution in [0.3, 0.4) is 0 Å². The molecule has 2 bridgehead atoms. The predicted molar refractivity (Wildman–Crippen MR) is 60.8 cm³/mol. The van der Waals surface area contributed by atoms with E-state index in [1.807, 2.05) is 0 Å². The zero-order valence-corrected chi connectivity index (χ0v) is 9.90. The summed E-state index contributed by atoms with van der Waals surface area (Å²) in [6, 6.07) is 2.32. The summed E-state index contributed by atoms with van der Waals surface area (Å²) in [6.45, 7) is 13.5. The molecule has 0 saturated heterocycles. The van der Waals surface area contributed by atoms with Crippen LogP contribution in [-0.2, 0) is 0 Å². The van der Waals surface area contributed by atoms with E-state index in [0.717, 1.165) is 12.3 Å². The van der Waals surface area contributed by atoms with Gasteiger partial charge in [0.05, 0.1) is 6.07 Å². The molecule has 0 aromatic heterocycles. The standard InChI is InChI=1S/C9H10N2.C4H10/c1-11-9-7-3-2-6(4-7)8(9)5-10;1-4(2)3/h6-9H,2-4H2;4H,1-3H3. The zero-order chi connectivity index (χ0) is 11.4. The van der Waals surface area contributed by atoms with E-state index in [2.05, 4.69) is 31.7 Å². The Hall–Kier alpha value is -1.02. The SMILES string of the molecule is CC(C)C.[C-]#[N+]C1C2CCC(C2)C1C#N. The Labute approximate surface area is 93.1 Å². The van der Waals surface area contributed by atoms with Gasteiger partial charge in [-0.15, -0.1) is 0 Å². The molecule has 0 amide bonds. The Morgan fingerprint density at radius 3 is 2.20 bits per heavy atom. The van der Waals surface area contributed by atoms with Gasteiger partial charge in [0.15, 0.2) is 0 Å². The molecule has 0 aromatic rings. The second kappa shape index (κ2) is 5.17. The average Bonchev–Trinajstić information content (AvgIpc) is 2.74. The third-order valence-corrected chi connectivity index (χ3v) is 3.17. The van der Waals surface area contributed by atoms with Crippen LogP contribution in [0.25, 0.3) is 4.85 Å². The molecular weight excluding hydrogens is 184 g/mol. The molecule has 2 rings (SSSR count). The minimum Gasteiger partial charge on any atom is -0.312 e. The van der Waals surface area contributed by atoms with Gasteiger partial charge in [-0.3, -0.25) is 0 Å². The van der Waals surface area contributed by atoms with E-state index in [4.69, 9.17) is 11.8 Å². The van der Waals surface area contributed by atoms with Crippen molar-refractivity contribution in [3.8, 4) is 6.07 Å². The van der Waals surface area contributed by atoms with Crippen molar-refractivity contribution in [2.24, 2.45) is 23.7 Å². The van der Waals surface area contributed by atoms with Crippen LogP contribution < -0.4 is 0 Å². The summed E-state index contributed by atoms with van der Waals surface area (Å²) < 4.78 is 0. The molecule has 0 heterocycles. The van der Waals surface area contributed by atoms with Crippen LogP contribution in [-0.4, -0.2) is 6.04 Å². The van der Waals surface area contributed by atoms with Crippen LogP contribution >= 0.6 is 0 Å². The summed E-state index contributed by atoms with van der Waals surface area (Å²) in [5.74, 6) is 2.01. The lowest BCUT2D eigenvalue weighted by Gasteiger charge is -2.15. The quantitative estimate of drug-likeness (QED) is 0.555. The van der Waals surface area contributed by atoms with Gasteiger partial charge < -0.3 is 4.85 Å². The average molecular weight is 204 g/mol. The Bertz CT molecular complexity index is 253. The highest BCUT2D eigenvalue weighted by Crippen LogP contribution is 2.49. The smallest absolute Gasteiger partial charge is 0.242 e. The van der Waals surface area contributed by atoms with Gasteiger partial charge in [-0.2, -0.15) is 5.26 Å². The molecule has 2 aliphatic carbocycles. The lowest BCUT2D eigenvalue weighted by molar-refractivity contribution is 0.383. The maximum atomic E-state index is 8.80. The number of fused-ring (bicyclic) bond motifs is 2. The van der Waals surface area contributed by atoms with Crippen molar-refractivity contribution in [2.45, 2.75) is 46.1 Å². The lowest BCUT2D eigenvalue weighted by atomic mass is 9.86. The first kappa shape index (κ1) is 12.1. The van der Waals surface area contributed by atoms with Crippen molar-refractivity contribution < 1.29 is 0 Å². The second-order valence-corrected chi connectivity index (χ2v) is 5.34. The number of rotatable bonds is 0. The topological polar surface area (TPSA) is 28.1 Å². The van der Waals surface area contributed by atoms with Gasteiger partial charge >= 0.3 is 0 Å². The zero-order valence-electron chi connectivity index (χ0n) is 9.90. The van der Waals surface area contributed by atoms with Gasteiger partial charge in [0.25, 0.3) is 0 Å². The molecule has 0 spiro atoms. The Morgan fingerprint density at radius 2 is 1.80 bits per heavy atom. The first-order valence-electron chi connectivity index (χ1n) is 5.86. The highest BCUT2D eigenvalue weighted by Gasteiger charge is 2.52. The number of nitrogens with zero attached hydrogens (tertiary/aromatic N) is 2. The molecule has 2 saturated carbocycles. The fourth-order valence-corrected chi connectivity index (χ4v) is 2.63. The summed E-state index contributed by atoms with van der Waals surface area (Å²) in [6.07, 6.45) is 3.52. The Balaban J connectivity index is 0.000000245. The van der Waals surface area contributed by atoms with E-state index in [0.29, 0.717) is 11.8 Å². The number of nitriles is 1. The van der Waals surface area contributed by atoms with Gasteiger partial charge in [-0.05, 0) is 31.1 Å². The monoisotopic (exact) mass is 204 g/mol. The molecule has 4 atom stereocenters. The van der Waals surface area contributed by atoms with E-state index >= 15 is 0 Å². The van der Waals surface area contributed by atoms with E-state index in [9.17, 15) is 0 Å². The number of hydrogen-bond donors (Lipinski definition) is 0. The Kier molecular flexibility index (Phi) is 4.15. The van der Waals surface area contributed by atoms with Crippen molar-refractivity contribution in [3.05, 3.63) is 11.4 Å². The van der Waals surface area contributed by atoms with Crippen molar-refractivity contribution >= 4 is 0 Å². The van der Waals surface area contributed by atoms with Gasteiger partial charge in [0.2, 0.25) is 6.04 Å². The van der Waals surface area contributed by atoms with E-state index in [-0.39, 0.29) is 12.0 Å². The third kappa shape index (κ3) is 2.72. The van der Waals surface area contributed by atoms with Crippen molar-refractivity contribution in [1.82, 2.24) is 0 Å². The summed E-state index contributed by atoms with van der Waals surface area (Å²) in [7, 11) is 0. The molecule has 0 radical (unpaired) electrons. The molecule has 15 heavy (non-hydrogen) atoms. The third-order valence-electron chi connectivity index (χ3n) is 3.17. The van der Waals surface area contributed by atoms with Gasteiger partial charge in [-0.1, -0.05) is 20.8 Å². The summed E-state index contributed by atoms with van der Waals surface area (Å²) in [4.78, 5) is 3.55. The molecular formula is C13H20N2. The van der Waals surface area contributed by atoms with E-state index in [1.54, 1.807) is 0 Å². The maximum absolute atomic E-state index is 8.80. The molecule has 82 valence electrons. The second-order valence-electron chi connectivity index (χ2n) is 5.34. The molecule has 2 fully saturated rings. The molecule has 2 heteroatoms. The van der Waals surface area contributed by atoms with Crippen LogP contribution in [0.2, 0.25) is 0 Å². The largest absolute Gasteiger partial charge is 0.312 e. The highest BCUT2D eigenvalue weighted by molar-refractivity contribution is 5.12. The van der Waals surface area contributed by atoms with Crippen molar-refractivity contribution in [3.63, 3.8) is 0 Å². The minimum absolute atomic E-state index is 0.0405. The minimum atomic E-state index is 0.0405. The molecule has 0 aliphatic heterocycles. The number of hydrogen-bond acceptors (Lipinski definition) is 1. The molecule has 2 aliphatic rings. The fourth-order valence-electron chi connectivity index (χ4n) is 2.63. The van der Waals surface area contributed by atoms with Crippen LogP contribution in [0.1, 0.15) is 40.0 Å².